The van der Waals surface area contributed by atoms with E-state index in [4.69, 9.17) is 13.0 Å². The van der Waals surface area contributed by atoms with Crippen molar-refractivity contribution in [1.29, 1.82) is 0 Å². The van der Waals surface area contributed by atoms with Crippen molar-refractivity contribution in [3.05, 3.63) is 52.6 Å². The van der Waals surface area contributed by atoms with Crippen LogP contribution in [-0.2, 0) is 10.1 Å². The highest BCUT2D eigenvalue weighted by molar-refractivity contribution is 7.86. The topological polar surface area (TPSA) is 97.5 Å². The highest BCUT2D eigenvalue weighted by Crippen LogP contribution is 2.24. The zero-order chi connectivity index (χ0) is 16.3. The summed E-state index contributed by atoms with van der Waals surface area (Å²) in [5.41, 5.74) is -5.37. The van der Waals surface area contributed by atoms with Crippen molar-refractivity contribution in [3.63, 3.8) is 0 Å². The molecule has 0 aliphatic rings. The van der Waals surface area contributed by atoms with Crippen molar-refractivity contribution in [2.45, 2.75) is 5.51 Å². The normalized spacial score (nSPS) is 11.6. The number of nitro groups is 1. The Morgan fingerprint density at radius 2 is 1.52 bits per heavy atom. The molecule has 2 rings (SSSR count). The first-order valence-electron chi connectivity index (χ1n) is 5.20. The fourth-order valence-corrected chi connectivity index (χ4v) is 1.37. The van der Waals surface area contributed by atoms with Crippen molar-refractivity contribution in [3.8, 4) is 0 Å². The van der Waals surface area contributed by atoms with Gasteiger partial charge < -0.3 is 0 Å². The third-order valence-electron chi connectivity index (χ3n) is 2.26. The molecule has 10 heteroatoms. The molecule has 0 heterocycles. The number of nitrogens with zero attached hydrogens (tertiary/aromatic N) is 1. The van der Waals surface area contributed by atoms with Crippen molar-refractivity contribution in [2.24, 2.45) is 0 Å². The summed E-state index contributed by atoms with van der Waals surface area (Å²) in [7, 11) is -5.84. The van der Waals surface area contributed by atoms with E-state index in [-0.39, 0.29) is 10.6 Å². The van der Waals surface area contributed by atoms with E-state index in [0.717, 1.165) is 5.39 Å². The molecule has 1 N–H and O–H groups in total. The number of nitro benzene ring substituents is 1. The van der Waals surface area contributed by atoms with Crippen LogP contribution in [0.2, 0.25) is 0 Å². The molecule has 2 aromatic carbocycles. The minimum Gasteiger partial charge on any atom is -0.279 e. The maximum Gasteiger partial charge on any atom is 0.522 e. The van der Waals surface area contributed by atoms with Crippen molar-refractivity contribution in [1.82, 2.24) is 0 Å². The Morgan fingerprint density at radius 1 is 1.05 bits per heavy atom. The van der Waals surface area contributed by atoms with Gasteiger partial charge in [-0.2, -0.15) is 21.6 Å². The molecule has 2 aromatic rings. The van der Waals surface area contributed by atoms with Gasteiger partial charge in [0.15, 0.2) is 0 Å². The van der Waals surface area contributed by atoms with Crippen LogP contribution in [0.25, 0.3) is 10.8 Å². The summed E-state index contributed by atoms with van der Waals surface area (Å²) in [5, 5.41) is 12.2. The van der Waals surface area contributed by atoms with Gasteiger partial charge in [0.05, 0.1) is 10.3 Å². The summed E-state index contributed by atoms with van der Waals surface area (Å²) in [6, 6.07) is 12.4. The summed E-state index contributed by atoms with van der Waals surface area (Å²) >= 11 is 0. The third kappa shape index (κ3) is 4.39. The highest BCUT2D eigenvalue weighted by atomic mass is 32.2. The van der Waals surface area contributed by atoms with Gasteiger partial charge >= 0.3 is 15.6 Å². The number of benzene rings is 2. The van der Waals surface area contributed by atoms with E-state index in [0.29, 0.717) is 5.39 Å². The molecule has 0 atom stereocenters. The second-order valence-electron chi connectivity index (χ2n) is 3.68. The lowest BCUT2D eigenvalue weighted by atomic mass is 10.1. The first-order valence-corrected chi connectivity index (χ1v) is 6.64. The van der Waals surface area contributed by atoms with Gasteiger partial charge in [0.1, 0.15) is 0 Å². The van der Waals surface area contributed by atoms with Gasteiger partial charge in [-0.1, -0.05) is 30.3 Å². The smallest absolute Gasteiger partial charge is 0.279 e. The van der Waals surface area contributed by atoms with Crippen LogP contribution in [0.15, 0.2) is 42.5 Å². The number of hydrogen-bond donors (Lipinski definition) is 1. The van der Waals surface area contributed by atoms with Crippen molar-refractivity contribution < 1.29 is 31.1 Å². The molecule has 0 unspecified atom stereocenters. The van der Waals surface area contributed by atoms with E-state index >= 15 is 0 Å². The molecule has 0 amide bonds. The Labute approximate surface area is 116 Å². The number of fused-ring (bicyclic) bond motifs is 1. The number of halogens is 3. The Bertz CT molecular complexity index is 753. The van der Waals surface area contributed by atoms with Gasteiger partial charge in [0, 0.05) is 6.07 Å². The predicted octanol–water partition coefficient (Wildman–Crippen LogP) is 3.14. The Hall–Kier alpha value is -2.20. The highest BCUT2D eigenvalue weighted by Gasteiger charge is 2.44. The molecule has 0 radical (unpaired) electrons. The van der Waals surface area contributed by atoms with E-state index in [2.05, 4.69) is 0 Å². The zero-order valence-electron chi connectivity index (χ0n) is 10.1. The number of alkyl halides is 3. The number of non-ortho nitro benzene ring substituents is 1. The fourth-order valence-electron chi connectivity index (χ4n) is 1.37. The molecular weight excluding hydrogens is 315 g/mol. The van der Waals surface area contributed by atoms with E-state index in [1.165, 1.54) is 6.07 Å². The third-order valence-corrected chi connectivity index (χ3v) is 2.84. The Balaban J connectivity index is 0.000000240. The molecule has 6 nitrogen and oxygen atoms in total. The van der Waals surface area contributed by atoms with Gasteiger partial charge in [-0.05, 0) is 11.5 Å². The van der Waals surface area contributed by atoms with Gasteiger partial charge in [0.2, 0.25) is 0 Å². The zero-order valence-corrected chi connectivity index (χ0v) is 10.9. The number of hydrogen-bond acceptors (Lipinski definition) is 4. The second kappa shape index (κ2) is 6.06. The van der Waals surface area contributed by atoms with E-state index in [1.807, 2.05) is 18.2 Å². The van der Waals surface area contributed by atoms with Crippen LogP contribution in [0.1, 0.15) is 0 Å². The largest absolute Gasteiger partial charge is 0.522 e. The van der Waals surface area contributed by atoms with Crippen LogP contribution >= 0.6 is 0 Å². The lowest BCUT2D eigenvalue weighted by Gasteiger charge is -1.97. The molecule has 0 bridgehead atoms. The van der Waals surface area contributed by atoms with E-state index in [1.54, 1.807) is 18.2 Å². The van der Waals surface area contributed by atoms with Crippen LogP contribution < -0.4 is 0 Å². The minimum absolute atomic E-state index is 0.165. The Kier molecular flexibility index (Phi) is 4.86. The minimum atomic E-state index is -5.84. The monoisotopic (exact) mass is 323 g/mol. The molecular formula is C11H8F3NO5S. The summed E-state index contributed by atoms with van der Waals surface area (Å²) < 4.78 is 57.5. The van der Waals surface area contributed by atoms with Gasteiger partial charge in [-0.25, -0.2) is 0 Å². The van der Waals surface area contributed by atoms with Crippen molar-refractivity contribution in [2.75, 3.05) is 0 Å². The molecule has 0 aromatic heterocycles. The summed E-state index contributed by atoms with van der Waals surface area (Å²) in [5.74, 6) is 0. The molecule has 21 heavy (non-hydrogen) atoms. The molecule has 0 aliphatic heterocycles. The van der Waals surface area contributed by atoms with Gasteiger partial charge in [-0.3, -0.25) is 14.7 Å². The standard InChI is InChI=1S/C10H7NO2.CHF3O3S/c12-11(13)10-7-3-5-8-4-1-2-6-9(8)10;2-1(3,4)8(5,6)7/h1-7H;(H,5,6,7). The second-order valence-corrected chi connectivity index (χ2v) is 5.09. The summed E-state index contributed by atoms with van der Waals surface area (Å²) in [6.45, 7) is 0. The van der Waals surface area contributed by atoms with Crippen LogP contribution in [0.4, 0.5) is 18.9 Å². The first kappa shape index (κ1) is 16.9. The van der Waals surface area contributed by atoms with Crippen LogP contribution in [0.5, 0.6) is 0 Å². The van der Waals surface area contributed by atoms with Gasteiger partial charge in [0.25, 0.3) is 5.69 Å². The average molecular weight is 323 g/mol. The van der Waals surface area contributed by atoms with Crippen LogP contribution in [0.3, 0.4) is 0 Å². The number of rotatable bonds is 1. The predicted molar refractivity (Wildman–Crippen MR) is 68.2 cm³/mol. The fraction of sp³-hybridized carbons (Fsp3) is 0.0909. The summed E-state index contributed by atoms with van der Waals surface area (Å²) in [4.78, 5) is 10.3. The lowest BCUT2D eigenvalue weighted by Crippen LogP contribution is -2.21. The first-order chi connectivity index (χ1) is 9.54. The molecule has 0 saturated heterocycles. The maximum absolute atomic E-state index is 10.7. The Morgan fingerprint density at radius 3 is 2.00 bits per heavy atom. The molecule has 0 fully saturated rings. The maximum atomic E-state index is 10.7. The summed E-state index contributed by atoms with van der Waals surface area (Å²) in [6.07, 6.45) is 0. The SMILES string of the molecule is O=S(=O)(O)C(F)(F)F.O=[N+]([O-])c1cccc2ccccc12. The molecule has 0 spiro atoms. The average Bonchev–Trinajstić information content (AvgIpc) is 2.36. The lowest BCUT2D eigenvalue weighted by molar-refractivity contribution is -0.383. The van der Waals surface area contributed by atoms with Gasteiger partial charge in [-0.15, -0.1) is 0 Å². The van der Waals surface area contributed by atoms with Crippen LogP contribution in [-0.4, -0.2) is 23.4 Å². The van der Waals surface area contributed by atoms with E-state index < -0.39 is 15.6 Å². The van der Waals surface area contributed by atoms with Crippen molar-refractivity contribution >= 4 is 26.6 Å². The van der Waals surface area contributed by atoms with E-state index in [9.17, 15) is 23.3 Å². The molecule has 0 saturated carbocycles. The quantitative estimate of drug-likeness (QED) is 0.376. The van der Waals surface area contributed by atoms with Crippen LogP contribution in [0, 0.1) is 10.1 Å². The molecule has 114 valence electrons. The molecule has 0 aliphatic carbocycles.